The predicted octanol–water partition coefficient (Wildman–Crippen LogP) is 2.93. The van der Waals surface area contributed by atoms with Crippen LogP contribution in [0.25, 0.3) is 0 Å². The highest BCUT2D eigenvalue weighted by Crippen LogP contribution is 2.45. The fourth-order valence-electron chi connectivity index (χ4n) is 3.28. The van der Waals surface area contributed by atoms with E-state index in [2.05, 4.69) is 25.9 Å². The Bertz CT molecular complexity index is 410. The number of aryl methyl sites for hydroxylation is 2. The third kappa shape index (κ3) is 2.77. The van der Waals surface area contributed by atoms with Crippen LogP contribution in [0.1, 0.15) is 52.1 Å². The lowest BCUT2D eigenvalue weighted by molar-refractivity contribution is -0.0765. The number of aromatic nitrogens is 2. The van der Waals surface area contributed by atoms with E-state index in [-0.39, 0.29) is 0 Å². The van der Waals surface area contributed by atoms with Crippen LogP contribution in [0.4, 0.5) is 0 Å². The largest absolute Gasteiger partial charge is 0.390 e. The first-order valence-corrected chi connectivity index (χ1v) is 7.02. The van der Waals surface area contributed by atoms with Gasteiger partial charge in [-0.15, -0.1) is 0 Å². The highest BCUT2D eigenvalue weighted by Gasteiger charge is 2.41. The zero-order valence-corrected chi connectivity index (χ0v) is 12.1. The van der Waals surface area contributed by atoms with Crippen molar-refractivity contribution in [1.29, 1.82) is 0 Å². The molecule has 3 heteroatoms. The molecule has 1 aromatic heterocycles. The average molecular weight is 250 g/mol. The number of rotatable bonds is 3. The maximum absolute atomic E-state index is 10.8. The summed E-state index contributed by atoms with van der Waals surface area (Å²) in [5.41, 5.74) is 1.11. The van der Waals surface area contributed by atoms with Gasteiger partial charge in [0.2, 0.25) is 0 Å². The molecule has 0 bridgehead atoms. The normalized spacial score (nSPS) is 31.5. The minimum atomic E-state index is -0.486. The number of hydrogen-bond donors (Lipinski definition) is 1. The summed E-state index contributed by atoms with van der Waals surface area (Å²) in [4.78, 5) is 0. The Morgan fingerprint density at radius 2 is 2.17 bits per heavy atom. The van der Waals surface area contributed by atoms with E-state index in [4.69, 9.17) is 0 Å². The molecule has 102 valence electrons. The lowest BCUT2D eigenvalue weighted by atomic mass is 9.64. The minimum absolute atomic E-state index is 0.384. The zero-order valence-electron chi connectivity index (χ0n) is 12.1. The highest BCUT2D eigenvalue weighted by atomic mass is 16.3. The van der Waals surface area contributed by atoms with Gasteiger partial charge in [-0.05, 0) is 49.5 Å². The maximum atomic E-state index is 10.8. The standard InChI is InChI=1S/C15H26N2O/c1-12-11-14(2,3)8-9-15(12,18)7-5-13-6-10-16-17(13)4/h6,10,12,18H,5,7-9,11H2,1-4H3. The molecule has 18 heavy (non-hydrogen) atoms. The van der Waals surface area contributed by atoms with Crippen LogP contribution < -0.4 is 0 Å². The Balaban J connectivity index is 1.98. The van der Waals surface area contributed by atoms with Crippen molar-refractivity contribution < 1.29 is 5.11 Å². The Morgan fingerprint density at radius 1 is 1.44 bits per heavy atom. The van der Waals surface area contributed by atoms with Crippen molar-refractivity contribution in [2.75, 3.05) is 0 Å². The smallest absolute Gasteiger partial charge is 0.0677 e. The topological polar surface area (TPSA) is 38.1 Å². The molecule has 1 aliphatic carbocycles. The average Bonchev–Trinajstić information content (AvgIpc) is 2.68. The summed E-state index contributed by atoms with van der Waals surface area (Å²) >= 11 is 0. The van der Waals surface area contributed by atoms with E-state index >= 15 is 0 Å². The fraction of sp³-hybridized carbons (Fsp3) is 0.800. The van der Waals surface area contributed by atoms with Gasteiger partial charge in [0.1, 0.15) is 0 Å². The molecule has 0 amide bonds. The van der Waals surface area contributed by atoms with Crippen molar-refractivity contribution in [3.8, 4) is 0 Å². The van der Waals surface area contributed by atoms with E-state index in [1.807, 2.05) is 24.0 Å². The second kappa shape index (κ2) is 4.69. The first kappa shape index (κ1) is 13.6. The first-order valence-electron chi connectivity index (χ1n) is 7.02. The van der Waals surface area contributed by atoms with Crippen LogP contribution >= 0.6 is 0 Å². The lowest BCUT2D eigenvalue weighted by Gasteiger charge is -2.45. The summed E-state index contributed by atoms with van der Waals surface area (Å²) in [6.07, 6.45) is 6.77. The van der Waals surface area contributed by atoms with E-state index in [1.54, 1.807) is 0 Å². The van der Waals surface area contributed by atoms with Gasteiger partial charge in [-0.25, -0.2) is 0 Å². The van der Waals surface area contributed by atoms with Gasteiger partial charge in [-0.3, -0.25) is 4.68 Å². The summed E-state index contributed by atoms with van der Waals surface area (Å²) in [5, 5.41) is 15.0. The van der Waals surface area contributed by atoms with Crippen molar-refractivity contribution in [2.24, 2.45) is 18.4 Å². The molecular weight excluding hydrogens is 224 g/mol. The predicted molar refractivity (Wildman–Crippen MR) is 73.3 cm³/mol. The number of hydrogen-bond acceptors (Lipinski definition) is 2. The molecule has 1 heterocycles. The maximum Gasteiger partial charge on any atom is 0.0677 e. The van der Waals surface area contributed by atoms with Crippen molar-refractivity contribution in [3.63, 3.8) is 0 Å². The van der Waals surface area contributed by atoms with Crippen molar-refractivity contribution in [1.82, 2.24) is 9.78 Å². The van der Waals surface area contributed by atoms with Crippen LogP contribution in [-0.2, 0) is 13.5 Å². The van der Waals surface area contributed by atoms with E-state index < -0.39 is 5.60 Å². The van der Waals surface area contributed by atoms with Crippen LogP contribution in [0, 0.1) is 11.3 Å². The Hall–Kier alpha value is -0.830. The van der Waals surface area contributed by atoms with Crippen molar-refractivity contribution in [3.05, 3.63) is 18.0 Å². The third-order valence-corrected chi connectivity index (χ3v) is 4.75. The molecule has 3 nitrogen and oxygen atoms in total. The molecule has 0 aromatic carbocycles. The van der Waals surface area contributed by atoms with E-state index in [0.29, 0.717) is 11.3 Å². The summed E-state index contributed by atoms with van der Waals surface area (Å²) < 4.78 is 1.90. The lowest BCUT2D eigenvalue weighted by Crippen LogP contribution is -2.44. The molecule has 1 aromatic rings. The third-order valence-electron chi connectivity index (χ3n) is 4.75. The Morgan fingerprint density at radius 3 is 2.72 bits per heavy atom. The molecule has 0 spiro atoms. The van der Waals surface area contributed by atoms with Crippen LogP contribution in [0.3, 0.4) is 0 Å². The molecular formula is C15H26N2O. The van der Waals surface area contributed by atoms with Crippen molar-refractivity contribution >= 4 is 0 Å². The van der Waals surface area contributed by atoms with Gasteiger partial charge in [-0.1, -0.05) is 20.8 Å². The Kier molecular flexibility index (Phi) is 3.54. The molecule has 1 N–H and O–H groups in total. The quantitative estimate of drug-likeness (QED) is 0.895. The molecule has 1 fully saturated rings. The second-order valence-corrected chi connectivity index (χ2v) is 6.82. The van der Waals surface area contributed by atoms with Gasteiger partial charge in [-0.2, -0.15) is 5.10 Å². The Labute approximate surface area is 110 Å². The van der Waals surface area contributed by atoms with Gasteiger partial charge < -0.3 is 5.11 Å². The van der Waals surface area contributed by atoms with Gasteiger partial charge >= 0.3 is 0 Å². The van der Waals surface area contributed by atoms with E-state index in [9.17, 15) is 5.11 Å². The van der Waals surface area contributed by atoms with Crippen LogP contribution in [0.5, 0.6) is 0 Å². The second-order valence-electron chi connectivity index (χ2n) is 6.82. The number of nitrogens with zero attached hydrogens (tertiary/aromatic N) is 2. The molecule has 2 rings (SSSR count). The molecule has 1 saturated carbocycles. The molecule has 1 aliphatic rings. The molecule has 2 unspecified atom stereocenters. The summed E-state index contributed by atoms with van der Waals surface area (Å²) in [5.74, 6) is 0.384. The van der Waals surface area contributed by atoms with E-state index in [1.165, 1.54) is 5.69 Å². The summed E-state index contributed by atoms with van der Waals surface area (Å²) in [6, 6.07) is 2.04. The van der Waals surface area contributed by atoms with Gasteiger partial charge in [0.25, 0.3) is 0 Å². The number of aliphatic hydroxyl groups is 1. The first-order chi connectivity index (χ1) is 8.32. The molecule has 2 atom stereocenters. The van der Waals surface area contributed by atoms with Crippen LogP contribution in [-0.4, -0.2) is 20.5 Å². The van der Waals surface area contributed by atoms with Gasteiger partial charge in [0.05, 0.1) is 5.60 Å². The molecule has 0 radical (unpaired) electrons. The van der Waals surface area contributed by atoms with Gasteiger partial charge in [0.15, 0.2) is 0 Å². The SMILES string of the molecule is CC1CC(C)(C)CCC1(O)CCc1ccnn1C. The highest BCUT2D eigenvalue weighted by molar-refractivity contribution is 5.03. The van der Waals surface area contributed by atoms with Crippen molar-refractivity contribution in [2.45, 2.75) is 58.5 Å². The monoisotopic (exact) mass is 250 g/mol. The minimum Gasteiger partial charge on any atom is -0.390 e. The van der Waals surface area contributed by atoms with Crippen LogP contribution in [0.15, 0.2) is 12.3 Å². The molecule has 0 saturated heterocycles. The fourth-order valence-corrected chi connectivity index (χ4v) is 3.28. The molecule has 0 aliphatic heterocycles. The zero-order chi connectivity index (χ0) is 13.4. The van der Waals surface area contributed by atoms with E-state index in [0.717, 1.165) is 32.1 Å². The van der Waals surface area contributed by atoms with Crippen LogP contribution in [0.2, 0.25) is 0 Å². The summed E-state index contributed by atoms with van der Waals surface area (Å²) in [7, 11) is 1.97. The summed E-state index contributed by atoms with van der Waals surface area (Å²) in [6.45, 7) is 6.82. The van der Waals surface area contributed by atoms with Gasteiger partial charge in [0, 0.05) is 18.9 Å².